The molecular formula is C12H14FNO5S. The van der Waals surface area contributed by atoms with E-state index in [9.17, 15) is 22.4 Å². The van der Waals surface area contributed by atoms with Crippen LogP contribution in [0.25, 0.3) is 0 Å². The van der Waals surface area contributed by atoms with Gasteiger partial charge in [-0.05, 0) is 31.5 Å². The third-order valence-corrected chi connectivity index (χ3v) is 4.11. The summed E-state index contributed by atoms with van der Waals surface area (Å²) in [6.07, 6.45) is 0. The molecule has 110 valence electrons. The maximum Gasteiger partial charge on any atom is 0.338 e. The number of carboxylic acids is 1. The molecule has 0 atom stereocenters. The smallest absolute Gasteiger partial charge is 0.338 e. The number of carboxylic acid groups (broad SMARTS) is 1. The summed E-state index contributed by atoms with van der Waals surface area (Å²) in [7, 11) is -4.02. The van der Waals surface area contributed by atoms with Crippen LogP contribution in [0, 0.1) is 12.7 Å². The lowest BCUT2D eigenvalue weighted by Crippen LogP contribution is -2.30. The Morgan fingerprint density at radius 1 is 1.35 bits per heavy atom. The van der Waals surface area contributed by atoms with E-state index in [0.717, 1.165) is 12.1 Å². The predicted octanol–water partition coefficient (Wildman–Crippen LogP) is 0.742. The Morgan fingerprint density at radius 3 is 2.45 bits per heavy atom. The normalized spacial score (nSPS) is 11.2. The molecule has 0 spiro atoms. The number of carbonyl (C=O) groups excluding carboxylic acids is 1. The third kappa shape index (κ3) is 3.53. The van der Waals surface area contributed by atoms with E-state index in [1.807, 2.05) is 0 Å². The minimum Gasteiger partial charge on any atom is -0.478 e. The molecule has 0 saturated carbocycles. The fourth-order valence-corrected chi connectivity index (χ4v) is 2.84. The SMILES string of the molecule is CCNC(=O)CS(=O)(=O)c1cc(C)c(F)c(C(=O)O)c1. The average molecular weight is 303 g/mol. The van der Waals surface area contributed by atoms with Crippen LogP contribution in [0.1, 0.15) is 22.8 Å². The van der Waals surface area contributed by atoms with Crippen LogP contribution >= 0.6 is 0 Å². The topological polar surface area (TPSA) is 101 Å². The van der Waals surface area contributed by atoms with Crippen molar-refractivity contribution in [3.05, 3.63) is 29.1 Å². The summed E-state index contributed by atoms with van der Waals surface area (Å²) in [6, 6.07) is 1.73. The van der Waals surface area contributed by atoms with E-state index >= 15 is 0 Å². The van der Waals surface area contributed by atoms with Gasteiger partial charge in [-0.1, -0.05) is 0 Å². The number of aromatic carboxylic acids is 1. The first-order chi connectivity index (χ1) is 9.19. The Morgan fingerprint density at radius 2 is 1.95 bits per heavy atom. The molecule has 1 aromatic carbocycles. The average Bonchev–Trinajstić information content (AvgIpc) is 2.31. The molecule has 1 aromatic rings. The van der Waals surface area contributed by atoms with E-state index in [2.05, 4.69) is 5.32 Å². The molecule has 6 nitrogen and oxygen atoms in total. The van der Waals surface area contributed by atoms with Crippen molar-refractivity contribution in [1.82, 2.24) is 5.32 Å². The zero-order valence-corrected chi connectivity index (χ0v) is 11.8. The molecule has 1 amide bonds. The number of nitrogens with one attached hydrogen (secondary N) is 1. The van der Waals surface area contributed by atoms with Gasteiger partial charge in [0.05, 0.1) is 10.5 Å². The Hall–Kier alpha value is -1.96. The van der Waals surface area contributed by atoms with E-state index in [1.165, 1.54) is 6.92 Å². The van der Waals surface area contributed by atoms with Gasteiger partial charge in [-0.3, -0.25) is 4.79 Å². The Labute approximate surface area is 115 Å². The van der Waals surface area contributed by atoms with Gasteiger partial charge in [0.1, 0.15) is 11.6 Å². The van der Waals surface area contributed by atoms with Crippen LogP contribution in [0.15, 0.2) is 17.0 Å². The number of carbonyl (C=O) groups is 2. The third-order valence-electron chi connectivity index (χ3n) is 2.51. The lowest BCUT2D eigenvalue weighted by atomic mass is 10.1. The number of benzene rings is 1. The van der Waals surface area contributed by atoms with E-state index < -0.39 is 38.8 Å². The van der Waals surface area contributed by atoms with Crippen molar-refractivity contribution >= 4 is 21.7 Å². The van der Waals surface area contributed by atoms with Gasteiger partial charge in [0.25, 0.3) is 0 Å². The van der Waals surface area contributed by atoms with Gasteiger partial charge < -0.3 is 10.4 Å². The molecule has 20 heavy (non-hydrogen) atoms. The van der Waals surface area contributed by atoms with Gasteiger partial charge in [-0.15, -0.1) is 0 Å². The van der Waals surface area contributed by atoms with Gasteiger partial charge in [-0.25, -0.2) is 17.6 Å². The zero-order chi connectivity index (χ0) is 15.5. The van der Waals surface area contributed by atoms with Crippen molar-refractivity contribution in [1.29, 1.82) is 0 Å². The summed E-state index contributed by atoms with van der Waals surface area (Å²) < 4.78 is 37.5. The molecule has 0 bridgehead atoms. The molecule has 0 aromatic heterocycles. The monoisotopic (exact) mass is 303 g/mol. The molecule has 0 aliphatic rings. The lowest BCUT2D eigenvalue weighted by molar-refractivity contribution is -0.118. The van der Waals surface area contributed by atoms with Crippen LogP contribution in [-0.4, -0.2) is 37.7 Å². The summed E-state index contributed by atoms with van der Waals surface area (Å²) >= 11 is 0. The molecule has 0 heterocycles. The standard InChI is InChI=1S/C12H14FNO5S/c1-3-14-10(15)6-20(18,19)8-4-7(2)11(13)9(5-8)12(16)17/h4-5H,3,6H2,1-2H3,(H,14,15)(H,16,17). The van der Waals surface area contributed by atoms with E-state index in [4.69, 9.17) is 5.11 Å². The zero-order valence-electron chi connectivity index (χ0n) is 10.9. The molecular weight excluding hydrogens is 289 g/mol. The highest BCUT2D eigenvalue weighted by molar-refractivity contribution is 7.92. The lowest BCUT2D eigenvalue weighted by Gasteiger charge is -2.08. The molecule has 0 fully saturated rings. The Kier molecular flexibility index (Phi) is 4.83. The fourth-order valence-electron chi connectivity index (χ4n) is 1.58. The summed E-state index contributed by atoms with van der Waals surface area (Å²) in [5, 5.41) is 11.2. The van der Waals surface area contributed by atoms with E-state index in [1.54, 1.807) is 6.92 Å². The first-order valence-corrected chi connectivity index (χ1v) is 7.37. The number of aryl methyl sites for hydroxylation is 1. The van der Waals surface area contributed by atoms with Crippen molar-refractivity contribution in [3.63, 3.8) is 0 Å². The molecule has 8 heteroatoms. The molecule has 0 aliphatic heterocycles. The number of sulfone groups is 1. The minimum absolute atomic E-state index is 0.112. The first-order valence-electron chi connectivity index (χ1n) is 5.72. The maximum atomic E-state index is 13.5. The molecule has 2 N–H and O–H groups in total. The summed E-state index contributed by atoms with van der Waals surface area (Å²) in [5.74, 6) is -4.08. The molecule has 0 unspecified atom stereocenters. The van der Waals surface area contributed by atoms with Crippen molar-refractivity contribution in [2.24, 2.45) is 0 Å². The molecule has 0 aliphatic carbocycles. The first kappa shape index (κ1) is 16.1. The van der Waals surface area contributed by atoms with E-state index in [-0.39, 0.29) is 17.0 Å². The fraction of sp³-hybridized carbons (Fsp3) is 0.333. The van der Waals surface area contributed by atoms with Crippen molar-refractivity contribution in [3.8, 4) is 0 Å². The second-order valence-corrected chi connectivity index (χ2v) is 6.11. The highest BCUT2D eigenvalue weighted by Crippen LogP contribution is 2.20. The quantitative estimate of drug-likeness (QED) is 0.781. The summed E-state index contributed by atoms with van der Waals surface area (Å²) in [6.45, 7) is 3.17. The Bertz CT molecular complexity index is 654. The second kappa shape index (κ2) is 6.00. The molecule has 0 radical (unpaired) electrons. The van der Waals surface area contributed by atoms with Gasteiger partial charge in [0, 0.05) is 6.54 Å². The van der Waals surface area contributed by atoms with Crippen LogP contribution in [-0.2, 0) is 14.6 Å². The molecule has 1 rings (SSSR count). The van der Waals surface area contributed by atoms with Crippen LogP contribution in [0.5, 0.6) is 0 Å². The second-order valence-electron chi connectivity index (χ2n) is 4.12. The number of hydrogen-bond donors (Lipinski definition) is 2. The van der Waals surface area contributed by atoms with Gasteiger partial charge in [0.15, 0.2) is 9.84 Å². The van der Waals surface area contributed by atoms with Crippen molar-refractivity contribution in [2.45, 2.75) is 18.7 Å². The number of halogens is 1. The highest BCUT2D eigenvalue weighted by atomic mass is 32.2. The van der Waals surface area contributed by atoms with Gasteiger partial charge >= 0.3 is 5.97 Å². The van der Waals surface area contributed by atoms with Gasteiger partial charge in [-0.2, -0.15) is 0 Å². The summed E-state index contributed by atoms with van der Waals surface area (Å²) in [5.41, 5.74) is -0.848. The predicted molar refractivity (Wildman–Crippen MR) is 68.8 cm³/mol. The van der Waals surface area contributed by atoms with Crippen LogP contribution < -0.4 is 5.32 Å². The maximum absolute atomic E-state index is 13.5. The van der Waals surface area contributed by atoms with Crippen molar-refractivity contribution in [2.75, 3.05) is 12.3 Å². The molecule has 0 saturated heterocycles. The van der Waals surface area contributed by atoms with E-state index in [0.29, 0.717) is 0 Å². The number of rotatable bonds is 5. The van der Waals surface area contributed by atoms with Crippen LogP contribution in [0.3, 0.4) is 0 Å². The Balaban J connectivity index is 3.26. The number of hydrogen-bond acceptors (Lipinski definition) is 4. The van der Waals surface area contributed by atoms with Crippen molar-refractivity contribution < 1.29 is 27.5 Å². The largest absolute Gasteiger partial charge is 0.478 e. The highest BCUT2D eigenvalue weighted by Gasteiger charge is 2.23. The summed E-state index contributed by atoms with van der Waals surface area (Å²) in [4.78, 5) is 21.8. The van der Waals surface area contributed by atoms with Crippen LogP contribution in [0.2, 0.25) is 0 Å². The minimum atomic E-state index is -4.02. The number of amides is 1. The van der Waals surface area contributed by atoms with Gasteiger partial charge in [0.2, 0.25) is 5.91 Å². The van der Waals surface area contributed by atoms with Crippen LogP contribution in [0.4, 0.5) is 4.39 Å².